The lowest BCUT2D eigenvalue weighted by Gasteiger charge is -2.36. The highest BCUT2D eigenvalue weighted by molar-refractivity contribution is 5.85. The van der Waals surface area contributed by atoms with E-state index in [0.29, 0.717) is 12.5 Å². The fraction of sp³-hybridized carbons (Fsp3) is 0.444. The third-order valence-electron chi connectivity index (χ3n) is 6.05. The van der Waals surface area contributed by atoms with Crippen LogP contribution in [0.5, 0.6) is 0 Å². The first-order valence-electron chi connectivity index (χ1n) is 11.9. The Hall–Kier alpha value is -3.15. The summed E-state index contributed by atoms with van der Waals surface area (Å²) in [5.41, 5.74) is 4.08. The van der Waals surface area contributed by atoms with E-state index >= 15 is 0 Å². The highest BCUT2D eigenvalue weighted by atomic mass is 16.6. The molecule has 1 unspecified atom stereocenters. The van der Waals surface area contributed by atoms with Crippen LogP contribution in [0.2, 0.25) is 0 Å². The molecule has 0 radical (unpaired) electrons. The zero-order valence-corrected chi connectivity index (χ0v) is 20.1. The fourth-order valence-corrected chi connectivity index (χ4v) is 4.40. The van der Waals surface area contributed by atoms with Crippen LogP contribution in [0.1, 0.15) is 52.0 Å². The molecule has 2 heterocycles. The van der Waals surface area contributed by atoms with Gasteiger partial charge in [-0.25, -0.2) is 14.8 Å². The van der Waals surface area contributed by atoms with Crippen molar-refractivity contribution in [3.8, 4) is 11.1 Å². The number of fused-ring (bicyclic) bond motifs is 1. The zero-order valence-electron chi connectivity index (χ0n) is 20.1. The summed E-state index contributed by atoms with van der Waals surface area (Å²) in [6.45, 7) is 9.32. The first-order valence-corrected chi connectivity index (χ1v) is 11.9. The van der Waals surface area contributed by atoms with Gasteiger partial charge in [0.25, 0.3) is 0 Å². The number of nitrogens with one attached hydrogen (secondary N) is 1. The molecule has 6 heteroatoms. The van der Waals surface area contributed by atoms with Crippen LogP contribution in [-0.2, 0) is 4.74 Å². The number of ether oxygens (including phenoxy) is 1. The normalized spacial score (nSPS) is 16.6. The Kier molecular flexibility index (Phi) is 6.82. The maximum atomic E-state index is 12.6. The lowest BCUT2D eigenvalue weighted by Crippen LogP contribution is -2.46. The van der Waals surface area contributed by atoms with E-state index in [1.165, 1.54) is 16.7 Å². The average molecular weight is 447 g/mol. The van der Waals surface area contributed by atoms with Crippen molar-refractivity contribution in [3.63, 3.8) is 0 Å². The molecule has 1 amide bonds. The molecule has 0 spiro atoms. The van der Waals surface area contributed by atoms with Crippen molar-refractivity contribution in [2.45, 2.75) is 65.0 Å². The van der Waals surface area contributed by atoms with E-state index in [1.807, 2.05) is 31.9 Å². The standard InChI is InChI=1S/C27H34N4O2/c1-19-9-5-6-11-23(19)20-12-13-24-21(17-20)18-29-25(30-24)28-15-14-22-10-7-8-16-31(22)26(32)33-27(2,3)4/h5-6,9,11-13,17-18,22H,7-8,10,14-16H2,1-4H3,(H,28,29,30). The molecule has 1 aromatic heterocycles. The van der Waals surface area contributed by atoms with E-state index in [0.717, 1.165) is 43.1 Å². The number of aryl methyl sites for hydroxylation is 1. The summed E-state index contributed by atoms with van der Waals surface area (Å²) in [7, 11) is 0. The number of piperidine rings is 1. The summed E-state index contributed by atoms with van der Waals surface area (Å²) in [4.78, 5) is 23.7. The maximum absolute atomic E-state index is 12.6. The van der Waals surface area contributed by atoms with Crippen molar-refractivity contribution in [3.05, 3.63) is 54.2 Å². The monoisotopic (exact) mass is 446 g/mol. The molecule has 174 valence electrons. The largest absolute Gasteiger partial charge is 0.444 e. The molecule has 2 aromatic carbocycles. The maximum Gasteiger partial charge on any atom is 0.410 e. The molecule has 1 N–H and O–H groups in total. The number of hydrogen-bond acceptors (Lipinski definition) is 5. The van der Waals surface area contributed by atoms with Gasteiger partial charge in [-0.15, -0.1) is 0 Å². The first-order chi connectivity index (χ1) is 15.8. The third kappa shape index (κ3) is 5.81. The number of aromatic nitrogens is 2. The number of anilines is 1. The van der Waals surface area contributed by atoms with Crippen LogP contribution in [0, 0.1) is 6.92 Å². The fourth-order valence-electron chi connectivity index (χ4n) is 4.40. The number of nitrogens with zero attached hydrogens (tertiary/aromatic N) is 3. The molecular weight excluding hydrogens is 412 g/mol. The van der Waals surface area contributed by atoms with Gasteiger partial charge in [0.1, 0.15) is 5.60 Å². The van der Waals surface area contributed by atoms with Crippen LogP contribution in [0.15, 0.2) is 48.7 Å². The van der Waals surface area contributed by atoms with Gasteiger partial charge in [0.15, 0.2) is 0 Å². The quantitative estimate of drug-likeness (QED) is 0.506. The number of benzene rings is 2. The lowest BCUT2D eigenvalue weighted by molar-refractivity contribution is 0.00929. The highest BCUT2D eigenvalue weighted by Crippen LogP contribution is 2.27. The summed E-state index contributed by atoms with van der Waals surface area (Å²) in [5, 5.41) is 4.36. The van der Waals surface area contributed by atoms with Gasteiger partial charge in [-0.1, -0.05) is 30.3 Å². The zero-order chi connectivity index (χ0) is 23.4. The van der Waals surface area contributed by atoms with E-state index in [2.05, 4.69) is 59.7 Å². The van der Waals surface area contributed by atoms with Crippen LogP contribution in [-0.4, -0.2) is 45.7 Å². The number of rotatable bonds is 5. The summed E-state index contributed by atoms with van der Waals surface area (Å²) >= 11 is 0. The molecule has 1 saturated heterocycles. The van der Waals surface area contributed by atoms with Gasteiger partial charge >= 0.3 is 6.09 Å². The highest BCUT2D eigenvalue weighted by Gasteiger charge is 2.30. The van der Waals surface area contributed by atoms with Gasteiger partial charge in [-0.3, -0.25) is 0 Å². The van der Waals surface area contributed by atoms with Gasteiger partial charge in [-0.2, -0.15) is 0 Å². The first kappa shape index (κ1) is 23.0. The van der Waals surface area contributed by atoms with Crippen molar-refractivity contribution < 1.29 is 9.53 Å². The molecule has 1 aliphatic rings. The molecule has 33 heavy (non-hydrogen) atoms. The molecular formula is C27H34N4O2. The Labute approximate surface area is 196 Å². The van der Waals surface area contributed by atoms with Crippen LogP contribution in [0.3, 0.4) is 0 Å². The topological polar surface area (TPSA) is 67.4 Å². The predicted molar refractivity (Wildman–Crippen MR) is 133 cm³/mol. The van der Waals surface area contributed by atoms with Crippen molar-refractivity contribution in [2.24, 2.45) is 0 Å². The Morgan fingerprint density at radius 1 is 1.18 bits per heavy atom. The second-order valence-electron chi connectivity index (χ2n) is 9.82. The van der Waals surface area contributed by atoms with Gasteiger partial charge in [0.05, 0.1) is 5.52 Å². The van der Waals surface area contributed by atoms with Gasteiger partial charge < -0.3 is 15.0 Å². The summed E-state index contributed by atoms with van der Waals surface area (Å²) < 4.78 is 5.61. The third-order valence-corrected chi connectivity index (χ3v) is 6.05. The molecule has 3 aromatic rings. The summed E-state index contributed by atoms with van der Waals surface area (Å²) in [6.07, 6.45) is 5.67. The SMILES string of the molecule is Cc1ccccc1-c1ccc2nc(NCCC3CCCCN3C(=O)OC(C)(C)C)ncc2c1. The van der Waals surface area contributed by atoms with E-state index in [4.69, 9.17) is 9.72 Å². The van der Waals surface area contributed by atoms with E-state index in [1.54, 1.807) is 0 Å². The second-order valence-corrected chi connectivity index (χ2v) is 9.82. The van der Waals surface area contributed by atoms with Gasteiger partial charge in [0, 0.05) is 30.7 Å². The van der Waals surface area contributed by atoms with Crippen molar-refractivity contribution in [1.29, 1.82) is 0 Å². The van der Waals surface area contributed by atoms with E-state index in [-0.39, 0.29) is 12.1 Å². The van der Waals surface area contributed by atoms with E-state index in [9.17, 15) is 4.79 Å². The van der Waals surface area contributed by atoms with Crippen molar-refractivity contribution in [2.75, 3.05) is 18.4 Å². The second kappa shape index (κ2) is 9.77. The van der Waals surface area contributed by atoms with Crippen LogP contribution < -0.4 is 5.32 Å². The summed E-state index contributed by atoms with van der Waals surface area (Å²) in [6, 6.07) is 14.9. The molecule has 0 saturated carbocycles. The molecule has 4 rings (SSSR count). The molecule has 0 bridgehead atoms. The minimum atomic E-state index is -0.477. The van der Waals surface area contributed by atoms with Gasteiger partial charge in [0.2, 0.25) is 5.95 Å². The smallest absolute Gasteiger partial charge is 0.410 e. The average Bonchev–Trinajstić information content (AvgIpc) is 2.78. The number of hydrogen-bond donors (Lipinski definition) is 1. The Morgan fingerprint density at radius 2 is 2.00 bits per heavy atom. The van der Waals surface area contributed by atoms with Crippen LogP contribution in [0.4, 0.5) is 10.7 Å². The molecule has 0 aliphatic carbocycles. The Balaban J connectivity index is 1.39. The molecule has 1 fully saturated rings. The predicted octanol–water partition coefficient (Wildman–Crippen LogP) is 6.20. The Morgan fingerprint density at radius 3 is 2.79 bits per heavy atom. The van der Waals surface area contributed by atoms with Gasteiger partial charge in [-0.05, 0) is 82.2 Å². The minimum absolute atomic E-state index is 0.179. The Bertz CT molecular complexity index is 1120. The minimum Gasteiger partial charge on any atom is -0.444 e. The number of likely N-dealkylation sites (tertiary alicyclic amines) is 1. The number of carbonyl (C=O) groups is 1. The van der Waals surface area contributed by atoms with Crippen LogP contribution in [0.25, 0.3) is 22.0 Å². The molecule has 1 aliphatic heterocycles. The van der Waals surface area contributed by atoms with Crippen LogP contribution >= 0.6 is 0 Å². The molecule has 1 atom stereocenters. The molecule has 6 nitrogen and oxygen atoms in total. The summed E-state index contributed by atoms with van der Waals surface area (Å²) in [5.74, 6) is 0.616. The number of amides is 1. The van der Waals surface area contributed by atoms with Crippen molar-refractivity contribution >= 4 is 22.9 Å². The van der Waals surface area contributed by atoms with E-state index < -0.39 is 5.60 Å². The lowest BCUT2D eigenvalue weighted by atomic mass is 9.99. The number of carbonyl (C=O) groups excluding carboxylic acids is 1. The van der Waals surface area contributed by atoms with Crippen molar-refractivity contribution in [1.82, 2.24) is 14.9 Å².